The lowest BCUT2D eigenvalue weighted by molar-refractivity contribution is -0.00357. The van der Waals surface area contributed by atoms with Gasteiger partial charge in [-0.2, -0.15) is 0 Å². The first-order valence-electron chi connectivity index (χ1n) is 5.72. The third-order valence-electron chi connectivity index (χ3n) is 2.60. The molecule has 0 saturated heterocycles. The maximum absolute atomic E-state index is 5.96. The van der Waals surface area contributed by atoms with Gasteiger partial charge in [0.05, 0.1) is 12.2 Å². The molecule has 0 aliphatic rings. The van der Waals surface area contributed by atoms with Crippen molar-refractivity contribution in [3.8, 4) is 0 Å². The van der Waals surface area contributed by atoms with Crippen molar-refractivity contribution in [2.75, 3.05) is 13.6 Å². The van der Waals surface area contributed by atoms with Crippen LogP contribution in [0.1, 0.15) is 31.9 Å². The second-order valence-corrected chi connectivity index (χ2v) is 4.39. The molecule has 0 bridgehead atoms. The third-order valence-corrected chi connectivity index (χ3v) is 2.85. The summed E-state index contributed by atoms with van der Waals surface area (Å²) in [6.45, 7) is 5.04. The highest BCUT2D eigenvalue weighted by atomic mass is 35.5. The van der Waals surface area contributed by atoms with Crippen molar-refractivity contribution in [1.82, 2.24) is 5.32 Å². The van der Waals surface area contributed by atoms with Crippen molar-refractivity contribution in [2.24, 2.45) is 0 Å². The summed E-state index contributed by atoms with van der Waals surface area (Å²) in [5, 5.41) is 3.91. The van der Waals surface area contributed by atoms with E-state index in [0.717, 1.165) is 18.0 Å². The lowest BCUT2D eigenvalue weighted by Crippen LogP contribution is -2.23. The highest BCUT2D eigenvalue weighted by Gasteiger charge is 2.13. The van der Waals surface area contributed by atoms with Crippen molar-refractivity contribution < 1.29 is 4.74 Å². The van der Waals surface area contributed by atoms with Gasteiger partial charge >= 0.3 is 0 Å². The van der Waals surface area contributed by atoms with Gasteiger partial charge in [0.15, 0.2) is 0 Å². The van der Waals surface area contributed by atoms with E-state index in [1.807, 2.05) is 31.3 Å². The molecule has 1 rings (SSSR count). The van der Waals surface area contributed by atoms with Gasteiger partial charge in [-0.15, -0.1) is 0 Å². The molecule has 0 radical (unpaired) electrons. The molecule has 2 unspecified atom stereocenters. The van der Waals surface area contributed by atoms with Crippen molar-refractivity contribution in [2.45, 2.75) is 32.5 Å². The smallest absolute Gasteiger partial charge is 0.0952 e. The van der Waals surface area contributed by atoms with E-state index in [9.17, 15) is 0 Å². The highest BCUT2D eigenvalue weighted by Crippen LogP contribution is 2.21. The van der Waals surface area contributed by atoms with E-state index in [1.54, 1.807) is 0 Å². The van der Waals surface area contributed by atoms with Gasteiger partial charge < -0.3 is 10.1 Å². The molecule has 2 nitrogen and oxygen atoms in total. The van der Waals surface area contributed by atoms with E-state index in [-0.39, 0.29) is 12.2 Å². The van der Waals surface area contributed by atoms with Gasteiger partial charge in [0.1, 0.15) is 0 Å². The molecular formula is C13H20ClNO. The Morgan fingerprint density at radius 1 is 1.31 bits per heavy atom. The number of nitrogens with one attached hydrogen (secondary N) is 1. The van der Waals surface area contributed by atoms with Crippen LogP contribution in [-0.2, 0) is 4.74 Å². The van der Waals surface area contributed by atoms with Gasteiger partial charge in [-0.25, -0.2) is 0 Å². The Kier molecular flexibility index (Phi) is 5.81. The minimum atomic E-state index is 0.0946. The fourth-order valence-corrected chi connectivity index (χ4v) is 1.61. The van der Waals surface area contributed by atoms with E-state index in [4.69, 9.17) is 16.3 Å². The lowest BCUT2D eigenvalue weighted by atomic mass is 10.1. The summed E-state index contributed by atoms with van der Waals surface area (Å²) in [4.78, 5) is 0. The van der Waals surface area contributed by atoms with Crippen LogP contribution in [0.25, 0.3) is 0 Å². The Bertz CT molecular complexity index is 299. The molecule has 2 atom stereocenters. The molecule has 3 heteroatoms. The Morgan fingerprint density at radius 3 is 2.44 bits per heavy atom. The number of likely N-dealkylation sites (N-methyl/N-ethyl adjacent to an activating group) is 1. The summed E-state index contributed by atoms with van der Waals surface area (Å²) in [6, 6.07) is 7.85. The minimum absolute atomic E-state index is 0.0946. The Hall–Kier alpha value is -0.570. The van der Waals surface area contributed by atoms with Crippen molar-refractivity contribution in [3.63, 3.8) is 0 Å². The van der Waals surface area contributed by atoms with Crippen molar-refractivity contribution in [1.29, 1.82) is 0 Å². The average molecular weight is 242 g/mol. The van der Waals surface area contributed by atoms with Crippen molar-refractivity contribution in [3.05, 3.63) is 34.9 Å². The number of hydrogen-bond donors (Lipinski definition) is 1. The largest absolute Gasteiger partial charge is 0.369 e. The van der Waals surface area contributed by atoms with Crippen LogP contribution in [-0.4, -0.2) is 19.7 Å². The van der Waals surface area contributed by atoms with Gasteiger partial charge in [-0.3, -0.25) is 0 Å². The second kappa shape index (κ2) is 6.89. The quantitative estimate of drug-likeness (QED) is 0.824. The summed E-state index contributed by atoms with van der Waals surface area (Å²) in [5.41, 5.74) is 1.17. The molecule has 0 saturated carbocycles. The van der Waals surface area contributed by atoms with Crippen LogP contribution < -0.4 is 5.32 Å². The topological polar surface area (TPSA) is 21.3 Å². The Morgan fingerprint density at radius 2 is 1.94 bits per heavy atom. The lowest BCUT2D eigenvalue weighted by Gasteiger charge is -2.22. The summed E-state index contributed by atoms with van der Waals surface area (Å²) >= 11 is 5.87. The number of halogens is 1. The minimum Gasteiger partial charge on any atom is -0.369 e. The van der Waals surface area contributed by atoms with Crippen LogP contribution in [0, 0.1) is 0 Å². The molecular weight excluding hydrogens is 222 g/mol. The monoisotopic (exact) mass is 241 g/mol. The molecule has 1 N–H and O–H groups in total. The first-order chi connectivity index (χ1) is 7.67. The maximum Gasteiger partial charge on any atom is 0.0952 e. The molecule has 0 aliphatic carbocycles. The average Bonchev–Trinajstić information content (AvgIpc) is 2.29. The van der Waals surface area contributed by atoms with E-state index in [2.05, 4.69) is 19.2 Å². The molecule has 1 aromatic rings. The highest BCUT2D eigenvalue weighted by molar-refractivity contribution is 6.30. The second-order valence-electron chi connectivity index (χ2n) is 3.95. The first-order valence-corrected chi connectivity index (χ1v) is 6.10. The van der Waals surface area contributed by atoms with Crippen LogP contribution in [0.5, 0.6) is 0 Å². The van der Waals surface area contributed by atoms with Crippen LogP contribution in [0.3, 0.4) is 0 Å². The van der Waals surface area contributed by atoms with Crippen molar-refractivity contribution >= 4 is 11.6 Å². The molecule has 0 amide bonds. The molecule has 0 fully saturated rings. The predicted molar refractivity (Wildman–Crippen MR) is 69.0 cm³/mol. The molecule has 90 valence electrons. The molecule has 0 spiro atoms. The number of rotatable bonds is 6. The maximum atomic E-state index is 5.96. The van der Waals surface area contributed by atoms with Gasteiger partial charge in [0, 0.05) is 11.6 Å². The van der Waals surface area contributed by atoms with Gasteiger partial charge in [0.2, 0.25) is 0 Å². The zero-order valence-electron chi connectivity index (χ0n) is 10.2. The van der Waals surface area contributed by atoms with Crippen LogP contribution >= 0.6 is 11.6 Å². The van der Waals surface area contributed by atoms with E-state index in [0.29, 0.717) is 0 Å². The SMILES string of the molecule is CCC(C)OC(CNC)c1ccc(Cl)cc1. The summed E-state index contributed by atoms with van der Waals surface area (Å²) in [5.74, 6) is 0. The first kappa shape index (κ1) is 13.5. The number of benzene rings is 1. The number of hydrogen-bond acceptors (Lipinski definition) is 2. The zero-order valence-corrected chi connectivity index (χ0v) is 10.9. The zero-order chi connectivity index (χ0) is 12.0. The molecule has 0 heterocycles. The normalized spacial score (nSPS) is 14.8. The summed E-state index contributed by atoms with van der Waals surface area (Å²) in [7, 11) is 1.93. The standard InChI is InChI=1S/C13H20ClNO/c1-4-10(2)16-13(9-15-3)11-5-7-12(14)8-6-11/h5-8,10,13,15H,4,9H2,1-3H3. The summed E-state index contributed by atoms with van der Waals surface area (Å²) in [6.07, 6.45) is 1.39. The van der Waals surface area contributed by atoms with Crippen LogP contribution in [0.4, 0.5) is 0 Å². The number of ether oxygens (including phenoxy) is 1. The third kappa shape index (κ3) is 4.12. The van der Waals surface area contributed by atoms with Gasteiger partial charge in [-0.1, -0.05) is 30.7 Å². The molecule has 0 aliphatic heterocycles. The predicted octanol–water partition coefficient (Wildman–Crippen LogP) is 3.42. The van der Waals surface area contributed by atoms with E-state index < -0.39 is 0 Å². The fraction of sp³-hybridized carbons (Fsp3) is 0.538. The van der Waals surface area contributed by atoms with E-state index >= 15 is 0 Å². The van der Waals surface area contributed by atoms with Gasteiger partial charge in [-0.05, 0) is 38.1 Å². The Balaban J connectivity index is 2.72. The van der Waals surface area contributed by atoms with E-state index in [1.165, 1.54) is 5.56 Å². The summed E-state index contributed by atoms with van der Waals surface area (Å²) < 4.78 is 5.96. The van der Waals surface area contributed by atoms with Gasteiger partial charge in [0.25, 0.3) is 0 Å². The Labute approximate surface area is 103 Å². The van der Waals surface area contributed by atoms with Crippen LogP contribution in [0.2, 0.25) is 5.02 Å². The molecule has 16 heavy (non-hydrogen) atoms. The van der Waals surface area contributed by atoms with Crippen LogP contribution in [0.15, 0.2) is 24.3 Å². The molecule has 0 aromatic heterocycles. The fourth-order valence-electron chi connectivity index (χ4n) is 1.48. The molecule has 1 aromatic carbocycles.